The first-order chi connectivity index (χ1) is 8.31. The monoisotopic (exact) mass is 238 g/mol. The number of hydrogen-bond donors (Lipinski definition) is 1. The van der Waals surface area contributed by atoms with Gasteiger partial charge in [0, 0.05) is 0 Å². The van der Waals surface area contributed by atoms with E-state index >= 15 is 0 Å². The lowest BCUT2D eigenvalue weighted by Crippen LogP contribution is -2.05. The summed E-state index contributed by atoms with van der Waals surface area (Å²) in [6.07, 6.45) is 18.8. The zero-order valence-corrected chi connectivity index (χ0v) is 11.7. The van der Waals surface area contributed by atoms with Crippen LogP contribution in [0.4, 0.5) is 0 Å². The lowest BCUT2D eigenvalue weighted by molar-refractivity contribution is 0.148. The van der Waals surface area contributed by atoms with Crippen LogP contribution in [0.2, 0.25) is 0 Å². The number of rotatable bonds is 11. The van der Waals surface area contributed by atoms with Gasteiger partial charge in [-0.05, 0) is 32.1 Å². The second kappa shape index (κ2) is 13.5. The first-order valence-corrected chi connectivity index (χ1v) is 7.31. The van der Waals surface area contributed by atoms with Crippen molar-refractivity contribution in [1.29, 1.82) is 0 Å². The largest absolute Gasteiger partial charge is 0.393 e. The second-order valence-corrected chi connectivity index (χ2v) is 4.73. The van der Waals surface area contributed by atoms with Crippen molar-refractivity contribution in [3.63, 3.8) is 0 Å². The van der Waals surface area contributed by atoms with E-state index in [0.717, 1.165) is 32.1 Å². The molecule has 0 fully saturated rings. The first-order valence-electron chi connectivity index (χ1n) is 7.31. The van der Waals surface area contributed by atoms with Gasteiger partial charge in [0.15, 0.2) is 0 Å². The molecule has 0 aromatic rings. The van der Waals surface area contributed by atoms with Crippen LogP contribution in [-0.4, -0.2) is 11.2 Å². The quantitative estimate of drug-likeness (QED) is 0.396. The van der Waals surface area contributed by atoms with Crippen LogP contribution in [0.3, 0.4) is 0 Å². The summed E-state index contributed by atoms with van der Waals surface area (Å²) in [5.74, 6) is 0. The summed E-state index contributed by atoms with van der Waals surface area (Å²) in [7, 11) is 0. The molecule has 0 amide bonds. The average molecular weight is 238 g/mol. The summed E-state index contributed by atoms with van der Waals surface area (Å²) in [6, 6.07) is 0. The first kappa shape index (κ1) is 16.4. The zero-order valence-electron chi connectivity index (χ0n) is 11.7. The third-order valence-electron chi connectivity index (χ3n) is 2.89. The molecule has 0 rings (SSSR count). The summed E-state index contributed by atoms with van der Waals surface area (Å²) in [6.45, 7) is 4.36. The number of allylic oxidation sites excluding steroid dienone is 4. The minimum Gasteiger partial charge on any atom is -0.393 e. The lowest BCUT2D eigenvalue weighted by atomic mass is 10.1. The molecule has 17 heavy (non-hydrogen) atoms. The number of unbranched alkanes of at least 4 members (excludes halogenated alkanes) is 4. The van der Waals surface area contributed by atoms with Gasteiger partial charge in [0.25, 0.3) is 0 Å². The average Bonchev–Trinajstić information content (AvgIpc) is 2.34. The maximum absolute atomic E-state index is 9.65. The van der Waals surface area contributed by atoms with Gasteiger partial charge in [-0.3, -0.25) is 0 Å². The van der Waals surface area contributed by atoms with Crippen LogP contribution in [-0.2, 0) is 0 Å². The molecule has 1 heteroatoms. The minimum atomic E-state index is -0.0663. The van der Waals surface area contributed by atoms with E-state index in [2.05, 4.69) is 38.2 Å². The van der Waals surface area contributed by atoms with E-state index in [0.29, 0.717) is 0 Å². The Balaban J connectivity index is 3.27. The summed E-state index contributed by atoms with van der Waals surface area (Å²) in [5, 5.41) is 9.65. The van der Waals surface area contributed by atoms with Gasteiger partial charge in [0.05, 0.1) is 6.10 Å². The summed E-state index contributed by atoms with van der Waals surface area (Å²) in [5.41, 5.74) is 0. The third kappa shape index (κ3) is 13.4. The van der Waals surface area contributed by atoms with E-state index in [1.54, 1.807) is 0 Å². The molecule has 1 N–H and O–H groups in total. The molecule has 0 spiro atoms. The molecule has 0 aliphatic rings. The topological polar surface area (TPSA) is 20.2 Å². The Morgan fingerprint density at radius 1 is 0.824 bits per heavy atom. The predicted molar refractivity (Wildman–Crippen MR) is 77.2 cm³/mol. The second-order valence-electron chi connectivity index (χ2n) is 4.73. The maximum atomic E-state index is 9.65. The molecular weight excluding hydrogens is 208 g/mol. The van der Waals surface area contributed by atoms with Gasteiger partial charge in [0.1, 0.15) is 0 Å². The minimum absolute atomic E-state index is 0.0663. The molecule has 0 aliphatic carbocycles. The molecule has 0 bridgehead atoms. The third-order valence-corrected chi connectivity index (χ3v) is 2.89. The fourth-order valence-electron chi connectivity index (χ4n) is 1.74. The SMILES string of the molecule is CCCC=C/C=C/CCCCC(O)CCCC. The van der Waals surface area contributed by atoms with Gasteiger partial charge in [-0.2, -0.15) is 0 Å². The Hall–Kier alpha value is -0.560. The number of aliphatic hydroxyl groups excluding tert-OH is 1. The molecule has 100 valence electrons. The zero-order chi connectivity index (χ0) is 12.8. The Labute approximate surface area is 108 Å². The fourth-order valence-corrected chi connectivity index (χ4v) is 1.74. The highest BCUT2D eigenvalue weighted by atomic mass is 16.3. The number of aliphatic hydroxyl groups is 1. The molecule has 0 aromatic carbocycles. The van der Waals surface area contributed by atoms with E-state index in [1.807, 2.05) is 0 Å². The fraction of sp³-hybridized carbons (Fsp3) is 0.750. The summed E-state index contributed by atoms with van der Waals surface area (Å²) >= 11 is 0. The molecule has 0 heterocycles. The molecule has 0 saturated heterocycles. The van der Waals surface area contributed by atoms with Gasteiger partial charge in [-0.15, -0.1) is 0 Å². The van der Waals surface area contributed by atoms with Gasteiger partial charge < -0.3 is 5.11 Å². The van der Waals surface area contributed by atoms with Gasteiger partial charge in [0.2, 0.25) is 0 Å². The van der Waals surface area contributed by atoms with E-state index in [1.165, 1.54) is 25.7 Å². The highest BCUT2D eigenvalue weighted by molar-refractivity contribution is 5.02. The smallest absolute Gasteiger partial charge is 0.0540 e. The Bertz CT molecular complexity index is 194. The van der Waals surface area contributed by atoms with Crippen molar-refractivity contribution in [3.8, 4) is 0 Å². The van der Waals surface area contributed by atoms with E-state index < -0.39 is 0 Å². The molecule has 0 aromatic heterocycles. The summed E-state index contributed by atoms with van der Waals surface area (Å²) < 4.78 is 0. The summed E-state index contributed by atoms with van der Waals surface area (Å²) in [4.78, 5) is 0. The standard InChI is InChI=1S/C16H30O/c1-3-5-7-8-9-10-11-12-13-15-16(17)14-6-4-2/h7-10,16-17H,3-6,11-15H2,1-2H3/b8-7?,10-9+. The van der Waals surface area contributed by atoms with Crippen LogP contribution in [0, 0.1) is 0 Å². The lowest BCUT2D eigenvalue weighted by Gasteiger charge is -2.08. The van der Waals surface area contributed by atoms with E-state index in [4.69, 9.17) is 0 Å². The molecular formula is C16H30O. The van der Waals surface area contributed by atoms with Crippen molar-refractivity contribution in [1.82, 2.24) is 0 Å². The van der Waals surface area contributed by atoms with Crippen LogP contribution in [0.25, 0.3) is 0 Å². The molecule has 0 aliphatic heterocycles. The van der Waals surface area contributed by atoms with Gasteiger partial charge >= 0.3 is 0 Å². The van der Waals surface area contributed by atoms with Gasteiger partial charge in [-0.25, -0.2) is 0 Å². The normalized spacial score (nSPS) is 13.8. The van der Waals surface area contributed by atoms with Crippen molar-refractivity contribution < 1.29 is 5.11 Å². The predicted octanol–water partition coefficient (Wildman–Crippen LogP) is 5.01. The molecule has 1 unspecified atom stereocenters. The molecule has 1 nitrogen and oxygen atoms in total. The van der Waals surface area contributed by atoms with Crippen LogP contribution < -0.4 is 0 Å². The van der Waals surface area contributed by atoms with Crippen molar-refractivity contribution in [2.75, 3.05) is 0 Å². The van der Waals surface area contributed by atoms with Crippen molar-refractivity contribution in [2.24, 2.45) is 0 Å². The van der Waals surface area contributed by atoms with E-state index in [9.17, 15) is 5.11 Å². The Kier molecular flexibility index (Phi) is 13.1. The van der Waals surface area contributed by atoms with Crippen LogP contribution in [0.5, 0.6) is 0 Å². The van der Waals surface area contributed by atoms with Crippen LogP contribution in [0.15, 0.2) is 24.3 Å². The highest BCUT2D eigenvalue weighted by Gasteiger charge is 2.01. The Morgan fingerprint density at radius 3 is 2.12 bits per heavy atom. The molecule has 0 radical (unpaired) electrons. The maximum Gasteiger partial charge on any atom is 0.0540 e. The van der Waals surface area contributed by atoms with Crippen molar-refractivity contribution >= 4 is 0 Å². The van der Waals surface area contributed by atoms with Gasteiger partial charge in [-0.1, -0.05) is 63.8 Å². The highest BCUT2D eigenvalue weighted by Crippen LogP contribution is 2.09. The Morgan fingerprint density at radius 2 is 1.47 bits per heavy atom. The van der Waals surface area contributed by atoms with Crippen molar-refractivity contribution in [2.45, 2.75) is 77.7 Å². The van der Waals surface area contributed by atoms with E-state index in [-0.39, 0.29) is 6.10 Å². The van der Waals surface area contributed by atoms with Crippen LogP contribution in [0.1, 0.15) is 71.6 Å². The molecule has 1 atom stereocenters. The van der Waals surface area contributed by atoms with Crippen LogP contribution >= 0.6 is 0 Å². The molecule has 0 saturated carbocycles. The van der Waals surface area contributed by atoms with Crippen molar-refractivity contribution in [3.05, 3.63) is 24.3 Å². The number of hydrogen-bond acceptors (Lipinski definition) is 1.